The maximum absolute atomic E-state index is 13.0. The second-order valence-electron chi connectivity index (χ2n) is 6.52. The molecular weight excluding hydrogens is 353 g/mol. The molecule has 0 radical (unpaired) electrons. The number of carbonyl (C=O) groups is 2. The molecule has 1 aromatic carbocycles. The van der Waals surface area contributed by atoms with Gasteiger partial charge in [-0.05, 0) is 23.6 Å². The van der Waals surface area contributed by atoms with Crippen LogP contribution in [0.4, 0.5) is 18.0 Å². The molecule has 1 fully saturated rings. The summed E-state index contributed by atoms with van der Waals surface area (Å²) in [6.45, 7) is -0.178. The van der Waals surface area contributed by atoms with Gasteiger partial charge in [0.15, 0.2) is 0 Å². The largest absolute Gasteiger partial charge is 0.493 e. The molecule has 0 spiro atoms. The number of benzene rings is 1. The molecule has 0 unspecified atom stereocenters. The van der Waals surface area contributed by atoms with Crippen molar-refractivity contribution in [1.82, 2.24) is 10.2 Å². The van der Waals surface area contributed by atoms with Crippen molar-refractivity contribution in [2.75, 3.05) is 26.2 Å². The lowest BCUT2D eigenvalue weighted by Crippen LogP contribution is -2.40. The van der Waals surface area contributed by atoms with E-state index in [1.165, 1.54) is 0 Å². The molecule has 3 rings (SSSR count). The number of urea groups is 1. The number of alkyl halides is 3. The Morgan fingerprint density at radius 1 is 1.31 bits per heavy atom. The van der Waals surface area contributed by atoms with Crippen LogP contribution in [-0.2, 0) is 17.6 Å². The summed E-state index contributed by atoms with van der Waals surface area (Å²) in [5, 5.41) is 11.5. The topological polar surface area (TPSA) is 78.9 Å². The Kier molecular flexibility index (Phi) is 4.97. The molecule has 0 saturated carbocycles. The number of carboxylic acids is 1. The van der Waals surface area contributed by atoms with Crippen LogP contribution in [0, 0.1) is 11.8 Å². The van der Waals surface area contributed by atoms with Gasteiger partial charge in [0, 0.05) is 26.1 Å². The number of nitrogens with one attached hydrogen (secondary N) is 1. The quantitative estimate of drug-likeness (QED) is 0.848. The number of nitrogens with zero attached hydrogens (tertiary/aromatic N) is 1. The van der Waals surface area contributed by atoms with Crippen molar-refractivity contribution in [2.24, 2.45) is 11.8 Å². The second kappa shape index (κ2) is 7.05. The zero-order chi connectivity index (χ0) is 18.9. The maximum atomic E-state index is 13.0. The van der Waals surface area contributed by atoms with E-state index >= 15 is 0 Å². The molecule has 2 heterocycles. The first-order valence-corrected chi connectivity index (χ1v) is 8.32. The number of carboxylic acid groups (broad SMARTS) is 1. The Balaban J connectivity index is 1.53. The molecule has 6 nitrogen and oxygen atoms in total. The summed E-state index contributed by atoms with van der Waals surface area (Å²) in [7, 11) is 0. The smallest absolute Gasteiger partial charge is 0.394 e. The molecule has 2 N–H and O–H groups in total. The van der Waals surface area contributed by atoms with E-state index in [9.17, 15) is 22.8 Å². The summed E-state index contributed by atoms with van der Waals surface area (Å²) in [4.78, 5) is 24.1. The Hall–Kier alpha value is -2.45. The van der Waals surface area contributed by atoms with E-state index in [0.717, 1.165) is 28.2 Å². The van der Waals surface area contributed by atoms with Gasteiger partial charge in [-0.25, -0.2) is 4.79 Å². The van der Waals surface area contributed by atoms with Crippen molar-refractivity contribution >= 4 is 12.0 Å². The van der Waals surface area contributed by atoms with Crippen LogP contribution in [0.5, 0.6) is 5.75 Å². The number of amides is 2. The fourth-order valence-corrected chi connectivity index (χ4v) is 3.37. The number of ether oxygens (including phenoxy) is 1. The summed E-state index contributed by atoms with van der Waals surface area (Å²) in [5.41, 5.74) is 2.10. The molecule has 2 atom stereocenters. The van der Waals surface area contributed by atoms with E-state index in [1.54, 1.807) is 0 Å². The van der Waals surface area contributed by atoms with Crippen molar-refractivity contribution < 1.29 is 32.6 Å². The van der Waals surface area contributed by atoms with E-state index in [4.69, 9.17) is 9.84 Å². The van der Waals surface area contributed by atoms with Gasteiger partial charge in [-0.3, -0.25) is 4.79 Å². The average Bonchev–Trinajstić information content (AvgIpc) is 3.20. The highest BCUT2D eigenvalue weighted by Crippen LogP contribution is 2.37. The summed E-state index contributed by atoms with van der Waals surface area (Å²) in [6.07, 6.45) is -3.29. The summed E-state index contributed by atoms with van der Waals surface area (Å²) in [6, 6.07) is 5.06. The highest BCUT2D eigenvalue weighted by Gasteiger charge is 2.53. The lowest BCUT2D eigenvalue weighted by molar-refractivity contribution is -0.187. The van der Waals surface area contributed by atoms with Crippen LogP contribution in [0.15, 0.2) is 18.2 Å². The van der Waals surface area contributed by atoms with Crippen LogP contribution in [-0.4, -0.2) is 54.4 Å². The minimum absolute atomic E-state index is 0.253. The van der Waals surface area contributed by atoms with E-state index in [2.05, 4.69) is 5.32 Å². The van der Waals surface area contributed by atoms with Gasteiger partial charge in [0.2, 0.25) is 0 Å². The molecule has 26 heavy (non-hydrogen) atoms. The number of rotatable bonds is 4. The number of hydrogen-bond donors (Lipinski definition) is 2. The SMILES string of the molecule is O=C(O)[C@@H]1CN(C(=O)NCCc2ccc3c(c2)CCO3)C[C@H]1C(F)(F)F. The molecule has 0 bridgehead atoms. The van der Waals surface area contributed by atoms with Crippen LogP contribution < -0.4 is 10.1 Å². The third-order valence-corrected chi connectivity index (χ3v) is 4.79. The van der Waals surface area contributed by atoms with Gasteiger partial charge >= 0.3 is 18.2 Å². The molecule has 9 heteroatoms. The predicted molar refractivity (Wildman–Crippen MR) is 85.0 cm³/mol. The molecule has 2 aliphatic rings. The second-order valence-corrected chi connectivity index (χ2v) is 6.52. The first-order valence-electron chi connectivity index (χ1n) is 8.32. The number of likely N-dealkylation sites (tertiary alicyclic amines) is 1. The molecule has 142 valence electrons. The average molecular weight is 372 g/mol. The monoisotopic (exact) mass is 372 g/mol. The van der Waals surface area contributed by atoms with Gasteiger partial charge < -0.3 is 20.1 Å². The van der Waals surface area contributed by atoms with Crippen LogP contribution in [0.25, 0.3) is 0 Å². The van der Waals surface area contributed by atoms with Gasteiger partial charge in [-0.2, -0.15) is 13.2 Å². The highest BCUT2D eigenvalue weighted by molar-refractivity contribution is 5.77. The number of aliphatic carboxylic acids is 1. The Labute approximate surface area is 147 Å². The maximum Gasteiger partial charge on any atom is 0.394 e. The lowest BCUT2D eigenvalue weighted by Gasteiger charge is -2.18. The van der Waals surface area contributed by atoms with Crippen molar-refractivity contribution in [3.05, 3.63) is 29.3 Å². The minimum Gasteiger partial charge on any atom is -0.493 e. The van der Waals surface area contributed by atoms with E-state index in [1.807, 2.05) is 18.2 Å². The molecule has 0 aromatic heterocycles. The number of fused-ring (bicyclic) bond motifs is 1. The molecule has 2 amide bonds. The van der Waals surface area contributed by atoms with Crippen LogP contribution in [0.1, 0.15) is 11.1 Å². The number of carbonyl (C=O) groups excluding carboxylic acids is 1. The Morgan fingerprint density at radius 2 is 2.08 bits per heavy atom. The standard InChI is InChI=1S/C17H19F3N2O4/c18-17(19,20)13-9-22(8-12(13)15(23)24)16(25)21-5-3-10-1-2-14-11(7-10)4-6-26-14/h1-2,7,12-13H,3-6,8-9H2,(H,21,25)(H,23,24)/t12-,13-/m1/s1. The molecule has 1 saturated heterocycles. The zero-order valence-electron chi connectivity index (χ0n) is 13.9. The van der Waals surface area contributed by atoms with Crippen LogP contribution in [0.3, 0.4) is 0 Å². The predicted octanol–water partition coefficient (Wildman–Crippen LogP) is 2.07. The first kappa shape index (κ1) is 18.3. The summed E-state index contributed by atoms with van der Waals surface area (Å²) in [5.74, 6) is -4.35. The van der Waals surface area contributed by atoms with Gasteiger partial charge in [0.05, 0.1) is 18.4 Å². The van der Waals surface area contributed by atoms with Gasteiger partial charge in [-0.1, -0.05) is 12.1 Å². The first-order chi connectivity index (χ1) is 12.3. The van der Waals surface area contributed by atoms with Crippen molar-refractivity contribution in [3.63, 3.8) is 0 Å². The fraction of sp³-hybridized carbons (Fsp3) is 0.529. The van der Waals surface area contributed by atoms with E-state index in [0.29, 0.717) is 13.0 Å². The van der Waals surface area contributed by atoms with Crippen LogP contribution in [0.2, 0.25) is 0 Å². The Bertz CT molecular complexity index is 708. The van der Waals surface area contributed by atoms with Crippen molar-refractivity contribution in [2.45, 2.75) is 19.0 Å². The molecule has 0 aliphatic carbocycles. The number of halogens is 3. The molecule has 2 aliphatic heterocycles. The third kappa shape index (κ3) is 3.86. The summed E-state index contributed by atoms with van der Waals surface area (Å²) < 4.78 is 44.3. The Morgan fingerprint density at radius 3 is 2.73 bits per heavy atom. The van der Waals surface area contributed by atoms with Crippen LogP contribution >= 0.6 is 0 Å². The van der Waals surface area contributed by atoms with Gasteiger partial charge in [-0.15, -0.1) is 0 Å². The van der Waals surface area contributed by atoms with E-state index < -0.39 is 43.1 Å². The van der Waals surface area contributed by atoms with Gasteiger partial charge in [0.25, 0.3) is 0 Å². The number of hydrogen-bond acceptors (Lipinski definition) is 3. The van der Waals surface area contributed by atoms with E-state index in [-0.39, 0.29) is 6.54 Å². The van der Waals surface area contributed by atoms with Crippen molar-refractivity contribution in [1.29, 1.82) is 0 Å². The zero-order valence-corrected chi connectivity index (χ0v) is 13.9. The summed E-state index contributed by atoms with van der Waals surface area (Å²) >= 11 is 0. The molecular formula is C17H19F3N2O4. The third-order valence-electron chi connectivity index (χ3n) is 4.79. The fourth-order valence-electron chi connectivity index (χ4n) is 3.37. The lowest BCUT2D eigenvalue weighted by atomic mass is 9.96. The van der Waals surface area contributed by atoms with Gasteiger partial charge in [0.1, 0.15) is 5.75 Å². The normalized spacial score (nSPS) is 22.0. The minimum atomic E-state index is -4.65. The highest BCUT2D eigenvalue weighted by atomic mass is 19.4. The molecule has 1 aromatic rings. The van der Waals surface area contributed by atoms with Crippen molar-refractivity contribution in [3.8, 4) is 5.75 Å².